The van der Waals surface area contributed by atoms with Crippen LogP contribution in [-0.2, 0) is 41.4 Å². The van der Waals surface area contributed by atoms with Crippen molar-refractivity contribution in [3.05, 3.63) is 48.4 Å². The van der Waals surface area contributed by atoms with Crippen LogP contribution in [0.25, 0.3) is 10.9 Å². The van der Waals surface area contributed by atoms with Crippen LogP contribution >= 0.6 is 0 Å². The number of aliphatic hydroxyl groups excluding tert-OH is 3. The Kier molecular flexibility index (Phi) is 18.5. The van der Waals surface area contributed by atoms with Gasteiger partial charge in [0, 0.05) is 68.8 Å². The topological polar surface area (TPSA) is 224 Å². The molecule has 0 amide bonds. The summed E-state index contributed by atoms with van der Waals surface area (Å²) in [6.07, 6.45) is -3.05. The molecule has 0 radical (unpaired) electrons. The molecule has 3 fully saturated rings. The summed E-state index contributed by atoms with van der Waals surface area (Å²) in [5.41, 5.74) is -2.75. The number of carbonyl (C=O) groups is 1. The molecule has 3 saturated heterocycles. The Morgan fingerprint density at radius 3 is 2.41 bits per heavy atom. The van der Waals surface area contributed by atoms with Crippen LogP contribution in [0.2, 0.25) is 0 Å². The van der Waals surface area contributed by atoms with E-state index in [1.54, 1.807) is 38.6 Å². The van der Waals surface area contributed by atoms with Crippen LogP contribution in [0.15, 0.2) is 42.7 Å². The van der Waals surface area contributed by atoms with E-state index in [1.165, 1.54) is 14.0 Å². The predicted molar refractivity (Wildman–Crippen MR) is 263 cm³/mol. The Morgan fingerprint density at radius 2 is 1.71 bits per heavy atom. The molecule has 2 aromatic heterocycles. The minimum absolute atomic E-state index is 0.167. The number of aromatic nitrogens is 4. The van der Waals surface area contributed by atoms with Crippen LogP contribution in [-0.4, -0.2) is 186 Å². The summed E-state index contributed by atoms with van der Waals surface area (Å²) in [5, 5.41) is 69.8. The Labute approximate surface area is 414 Å². The summed E-state index contributed by atoms with van der Waals surface area (Å²) in [5.74, 6) is -2.36. The lowest BCUT2D eigenvalue weighted by atomic mass is 9.68. The summed E-state index contributed by atoms with van der Waals surface area (Å²) >= 11 is 0. The number of aliphatic hydroxyl groups is 5. The number of hydrogen-bond donors (Lipinski definition) is 5. The average Bonchev–Trinajstić information content (AvgIpc) is 3.77. The number of esters is 1. The molecule has 1 unspecified atom stereocenters. The van der Waals surface area contributed by atoms with Crippen molar-refractivity contribution < 1.29 is 58.7 Å². The molecular formula is C52H84N6O12. The van der Waals surface area contributed by atoms with Gasteiger partial charge in [-0.25, -0.2) is 4.68 Å². The third-order valence-corrected chi connectivity index (χ3v) is 15.9. The van der Waals surface area contributed by atoms with Crippen molar-refractivity contribution in [1.82, 2.24) is 29.8 Å². The van der Waals surface area contributed by atoms with Crippen molar-refractivity contribution >= 4 is 16.9 Å². The van der Waals surface area contributed by atoms with Crippen LogP contribution in [0.1, 0.15) is 101 Å². The highest BCUT2D eigenvalue weighted by Gasteiger charge is 2.55. The lowest BCUT2D eigenvalue weighted by Crippen LogP contribution is -2.62. The fraction of sp³-hybridized carbons (Fsp3) is 0.769. The standard InChI is InChI=1S/C52H84N6O12/c1-14-42-52(10,64)45(60)34(6)57(12)28-30(2)26-50(8,63)47(32(4)43(33(5)48(62)69-42)41-27-51(9,65-13)46(61)35(7)68-41)70-49-44(59)40(24-31(3)67-49)56(11)21-19-37-29-58(55-54-37)22-23-66-38-17-18-39-36(25-38)16-15-20-53-39/h15-18,20,25,29-35,40-47,49,59-61,63-64H,14,19,21-24,26-28H2,1-13H3/t30-,31-,32+,33-,34-,35+,40+,41-,42-,43?,44-,45-,46+,47-,49+,50-,51-,52-/m1/s1. The third-order valence-electron chi connectivity index (χ3n) is 15.9. The normalized spacial score (nSPS) is 39.9. The maximum atomic E-state index is 14.6. The van der Waals surface area contributed by atoms with Crippen molar-refractivity contribution in [1.29, 1.82) is 0 Å². The van der Waals surface area contributed by atoms with E-state index < -0.39 is 102 Å². The van der Waals surface area contributed by atoms with Gasteiger partial charge in [-0.05, 0) is 111 Å². The molecule has 18 heteroatoms. The lowest BCUT2D eigenvalue weighted by Gasteiger charge is -2.51. The first kappa shape index (κ1) is 55.9. The highest BCUT2D eigenvalue weighted by molar-refractivity contribution is 5.79. The Morgan fingerprint density at radius 1 is 0.986 bits per heavy atom. The van der Waals surface area contributed by atoms with Gasteiger partial charge in [-0.2, -0.15) is 0 Å². The van der Waals surface area contributed by atoms with Crippen molar-refractivity contribution in [2.45, 2.75) is 192 Å². The van der Waals surface area contributed by atoms with Gasteiger partial charge in [-0.15, -0.1) is 5.10 Å². The molecule has 1 aromatic carbocycles. The molecule has 0 spiro atoms. The highest BCUT2D eigenvalue weighted by Crippen LogP contribution is 2.45. The van der Waals surface area contributed by atoms with Gasteiger partial charge in [0.25, 0.3) is 0 Å². The minimum atomic E-state index is -1.81. The van der Waals surface area contributed by atoms with E-state index >= 15 is 0 Å². The molecule has 0 saturated carbocycles. The molecule has 0 bridgehead atoms. The number of likely N-dealkylation sites (N-methyl/N-ethyl adjacent to an activating group) is 2. The van der Waals surface area contributed by atoms with Crippen LogP contribution in [0.4, 0.5) is 0 Å². The van der Waals surface area contributed by atoms with Crippen molar-refractivity contribution in [3.63, 3.8) is 0 Å². The summed E-state index contributed by atoms with van der Waals surface area (Å²) in [4.78, 5) is 23.0. The van der Waals surface area contributed by atoms with Crippen LogP contribution < -0.4 is 4.74 Å². The molecule has 0 aliphatic carbocycles. The van der Waals surface area contributed by atoms with E-state index in [2.05, 4.69) is 20.2 Å². The molecule has 18 nitrogen and oxygen atoms in total. The van der Waals surface area contributed by atoms with E-state index in [1.807, 2.05) is 90.1 Å². The molecule has 3 aromatic rings. The number of ether oxygens (including phenoxy) is 6. The largest absolute Gasteiger partial charge is 0.492 e. The van der Waals surface area contributed by atoms with Crippen LogP contribution in [0.3, 0.4) is 0 Å². The average molecular weight is 985 g/mol. The van der Waals surface area contributed by atoms with Crippen molar-refractivity contribution in [2.24, 2.45) is 23.7 Å². The zero-order valence-corrected chi connectivity index (χ0v) is 43.8. The molecule has 3 aliphatic rings. The number of carbonyl (C=O) groups excluding carboxylic acids is 1. The van der Waals surface area contributed by atoms with Gasteiger partial charge in [-0.1, -0.05) is 39.0 Å². The Hall–Kier alpha value is -3.40. The number of methoxy groups -OCH3 is 1. The summed E-state index contributed by atoms with van der Waals surface area (Å²) in [7, 11) is 5.34. The Bertz CT molecular complexity index is 2140. The number of hydrogen-bond acceptors (Lipinski definition) is 17. The number of fused-ring (bicyclic) bond motifs is 1. The predicted octanol–water partition coefficient (Wildman–Crippen LogP) is 4.01. The van der Waals surface area contributed by atoms with Crippen molar-refractivity contribution in [2.75, 3.05) is 40.9 Å². The van der Waals surface area contributed by atoms with Crippen LogP contribution in [0.5, 0.6) is 5.75 Å². The molecule has 6 rings (SSSR count). The van der Waals surface area contributed by atoms with Crippen LogP contribution in [0, 0.1) is 23.7 Å². The van der Waals surface area contributed by atoms with Gasteiger partial charge in [0.2, 0.25) is 0 Å². The summed E-state index contributed by atoms with van der Waals surface area (Å²) < 4.78 is 40.0. The highest BCUT2D eigenvalue weighted by atomic mass is 16.7. The maximum absolute atomic E-state index is 14.6. The first-order chi connectivity index (χ1) is 32.9. The SMILES string of the molecule is CC[C@H]1OC(=O)[C@H](C)C([C@H]2C[C@@](C)(OC)[C@@H](O)[C@H](C)O2)[C@H](C)[C@@H](O[C@@H]2O[C@H](C)C[C@H](N(C)CCc3cn(CCOc4ccc5ncccc5c4)nn3)[C@H]2O)[C@](C)(O)C[C@@H](C)CN(C)[C@H](C)[C@@H](O)[C@]1(C)O. The molecule has 3 aliphatic heterocycles. The second kappa shape index (κ2) is 23.2. The van der Waals surface area contributed by atoms with Gasteiger partial charge in [0.05, 0.1) is 59.3 Å². The first-order valence-electron chi connectivity index (χ1n) is 25.4. The van der Waals surface area contributed by atoms with E-state index in [4.69, 9.17) is 28.4 Å². The Balaban J connectivity index is 1.24. The van der Waals surface area contributed by atoms with E-state index in [0.29, 0.717) is 39.1 Å². The molecule has 70 heavy (non-hydrogen) atoms. The maximum Gasteiger partial charge on any atom is 0.309 e. The molecular weight excluding hydrogens is 901 g/mol. The van der Waals surface area contributed by atoms with Gasteiger partial charge < -0.3 is 63.8 Å². The lowest BCUT2D eigenvalue weighted by molar-refractivity contribution is -0.302. The zero-order valence-electron chi connectivity index (χ0n) is 43.8. The van der Waals surface area contributed by atoms with Gasteiger partial charge in [0.15, 0.2) is 6.29 Å². The minimum Gasteiger partial charge on any atom is -0.492 e. The summed E-state index contributed by atoms with van der Waals surface area (Å²) in [6, 6.07) is 8.75. The number of rotatable bonds is 13. The monoisotopic (exact) mass is 985 g/mol. The first-order valence-corrected chi connectivity index (χ1v) is 25.4. The molecule has 5 heterocycles. The molecule has 18 atom stereocenters. The van der Waals surface area contributed by atoms with Gasteiger partial charge in [0.1, 0.15) is 42.4 Å². The van der Waals surface area contributed by atoms with E-state index in [0.717, 1.165) is 22.3 Å². The number of benzene rings is 1. The quantitative estimate of drug-likeness (QED) is 0.153. The molecule has 5 N–H and O–H groups in total. The number of nitrogens with zero attached hydrogens (tertiary/aromatic N) is 6. The summed E-state index contributed by atoms with van der Waals surface area (Å²) in [6.45, 7) is 19.9. The smallest absolute Gasteiger partial charge is 0.309 e. The van der Waals surface area contributed by atoms with E-state index in [-0.39, 0.29) is 31.3 Å². The zero-order chi connectivity index (χ0) is 51.5. The number of pyridine rings is 1. The molecule has 394 valence electrons. The second-order valence-electron chi connectivity index (χ2n) is 21.7. The van der Waals surface area contributed by atoms with E-state index in [9.17, 15) is 30.3 Å². The fourth-order valence-corrected chi connectivity index (χ4v) is 11.6. The fourth-order valence-electron chi connectivity index (χ4n) is 11.6. The van der Waals surface area contributed by atoms with Gasteiger partial charge in [-0.3, -0.25) is 9.78 Å². The van der Waals surface area contributed by atoms with Gasteiger partial charge >= 0.3 is 5.97 Å². The van der Waals surface area contributed by atoms with Crippen molar-refractivity contribution in [3.8, 4) is 5.75 Å². The third kappa shape index (κ3) is 12.7. The second-order valence-corrected chi connectivity index (χ2v) is 21.7. The number of cyclic esters (lactones) is 1.